The highest BCUT2D eigenvalue weighted by molar-refractivity contribution is 6.31. The molecule has 1 heterocycles. The molecule has 1 unspecified atom stereocenters. The molecule has 0 saturated carbocycles. The van der Waals surface area contributed by atoms with Gasteiger partial charge in [0.05, 0.1) is 5.69 Å². The summed E-state index contributed by atoms with van der Waals surface area (Å²) in [5.41, 5.74) is -1.46. The molecule has 0 radical (unpaired) electrons. The number of nitrogens with one attached hydrogen (secondary N) is 1. The summed E-state index contributed by atoms with van der Waals surface area (Å²) in [7, 11) is 0. The van der Waals surface area contributed by atoms with Gasteiger partial charge in [-0.3, -0.25) is 14.3 Å². The third-order valence-electron chi connectivity index (χ3n) is 4.63. The van der Waals surface area contributed by atoms with Gasteiger partial charge in [-0.15, -0.1) is 0 Å². The Hall–Kier alpha value is -2.80. The van der Waals surface area contributed by atoms with Crippen LogP contribution in [0.1, 0.15) is 15.9 Å². The van der Waals surface area contributed by atoms with E-state index < -0.39 is 52.7 Å². The summed E-state index contributed by atoms with van der Waals surface area (Å²) in [6.45, 7) is 0. The van der Waals surface area contributed by atoms with E-state index in [-0.39, 0.29) is 10.6 Å². The maximum atomic E-state index is 14.4. The summed E-state index contributed by atoms with van der Waals surface area (Å²) >= 11 is 5.74. The van der Waals surface area contributed by atoms with Crippen molar-refractivity contribution in [2.45, 2.75) is 29.7 Å². The van der Waals surface area contributed by atoms with Crippen LogP contribution in [0.15, 0.2) is 48.5 Å². The maximum absolute atomic E-state index is 14.4. The number of carbonyl (C=O) groups is 2. The number of hydrogen-bond donors (Lipinski definition) is 1. The van der Waals surface area contributed by atoms with E-state index in [1.807, 2.05) is 0 Å². The van der Waals surface area contributed by atoms with Crippen molar-refractivity contribution < 1.29 is 53.8 Å². The molecule has 4 nitrogen and oxygen atoms in total. The number of ether oxygens (including phenoxy) is 1. The van der Waals surface area contributed by atoms with Crippen LogP contribution in [-0.4, -0.2) is 41.4 Å². The molecule has 14 heteroatoms. The summed E-state index contributed by atoms with van der Waals surface area (Å²) in [5, 5.41) is 1.06. The third-order valence-corrected chi connectivity index (χ3v) is 4.87. The topological polar surface area (TPSA) is 55.4 Å². The Kier molecular flexibility index (Phi) is 5.74. The highest BCUT2D eigenvalue weighted by Gasteiger charge is 2.96. The van der Waals surface area contributed by atoms with Gasteiger partial charge in [0.1, 0.15) is 0 Å². The summed E-state index contributed by atoms with van der Waals surface area (Å²) in [6.07, 6.45) is -6.37. The molecule has 0 bridgehead atoms. The van der Waals surface area contributed by atoms with Crippen LogP contribution in [0, 0.1) is 0 Å². The number of anilines is 1. The second-order valence-corrected chi connectivity index (χ2v) is 7.21. The number of ketones is 1. The highest BCUT2D eigenvalue weighted by Crippen LogP contribution is 2.64. The Morgan fingerprint density at radius 2 is 1.45 bits per heavy atom. The minimum atomic E-state index is -6.83. The van der Waals surface area contributed by atoms with Crippen LogP contribution in [0.5, 0.6) is 0 Å². The molecule has 1 saturated heterocycles. The zero-order valence-electron chi connectivity index (χ0n) is 15.6. The average molecular weight is 506 g/mol. The van der Waals surface area contributed by atoms with Gasteiger partial charge >= 0.3 is 35.6 Å². The lowest BCUT2D eigenvalue weighted by atomic mass is 9.98. The molecule has 3 rings (SSSR count). The number of halogens is 10. The number of hydrogen-bond acceptors (Lipinski definition) is 3. The smallest absolute Gasteiger partial charge is 0.320 e. The van der Waals surface area contributed by atoms with Crippen LogP contribution in [-0.2, 0) is 9.53 Å². The molecule has 1 aliphatic rings. The molecular weight excluding hydrogens is 497 g/mol. The van der Waals surface area contributed by atoms with Crippen molar-refractivity contribution in [3.05, 3.63) is 64.7 Å². The van der Waals surface area contributed by atoms with Crippen LogP contribution >= 0.6 is 11.6 Å². The number of amides is 1. The Morgan fingerprint density at radius 1 is 0.879 bits per heavy atom. The molecule has 1 fully saturated rings. The van der Waals surface area contributed by atoms with E-state index in [0.29, 0.717) is 0 Å². The normalized spacial score (nSPS) is 23.2. The Labute approximate surface area is 183 Å². The van der Waals surface area contributed by atoms with Crippen molar-refractivity contribution in [2.24, 2.45) is 0 Å². The van der Waals surface area contributed by atoms with Crippen LogP contribution in [0.4, 0.5) is 45.2 Å². The Bertz CT molecular complexity index is 1110. The SMILES string of the molecule is O=C(c1ccccc1)c1cc(Cl)ccc1NC(=O)C(F)(F)C1(F)OC(F)(F)C(F)(F)C1(F)F. The summed E-state index contributed by atoms with van der Waals surface area (Å²) in [6, 6.07) is 9.46. The fraction of sp³-hybridized carbons (Fsp3) is 0.263. The monoisotopic (exact) mass is 505 g/mol. The minimum Gasteiger partial charge on any atom is -0.320 e. The van der Waals surface area contributed by atoms with Crippen molar-refractivity contribution in [1.82, 2.24) is 0 Å². The largest absolute Gasteiger partial charge is 0.428 e. The van der Waals surface area contributed by atoms with Crippen molar-refractivity contribution in [3.8, 4) is 0 Å². The zero-order valence-corrected chi connectivity index (χ0v) is 16.4. The lowest BCUT2D eigenvalue weighted by molar-refractivity contribution is -0.366. The zero-order chi connectivity index (χ0) is 25.0. The summed E-state index contributed by atoms with van der Waals surface area (Å²) in [5.74, 6) is -30.3. The number of carbonyl (C=O) groups excluding carboxylic acids is 2. The van der Waals surface area contributed by atoms with E-state index in [4.69, 9.17) is 11.6 Å². The van der Waals surface area contributed by atoms with Crippen molar-refractivity contribution in [2.75, 3.05) is 5.32 Å². The first-order valence-corrected chi connectivity index (χ1v) is 8.98. The van der Waals surface area contributed by atoms with Gasteiger partial charge in [0.25, 0.3) is 0 Å². The van der Waals surface area contributed by atoms with Gasteiger partial charge in [-0.1, -0.05) is 41.9 Å². The van der Waals surface area contributed by atoms with Crippen LogP contribution in [0.25, 0.3) is 0 Å². The third kappa shape index (κ3) is 3.53. The maximum Gasteiger partial charge on any atom is 0.428 e. The fourth-order valence-electron chi connectivity index (χ4n) is 2.86. The number of alkyl halides is 9. The van der Waals surface area contributed by atoms with Gasteiger partial charge in [0.15, 0.2) is 5.78 Å². The molecule has 2 aromatic rings. The van der Waals surface area contributed by atoms with Crippen molar-refractivity contribution in [1.29, 1.82) is 0 Å². The van der Waals surface area contributed by atoms with Gasteiger partial charge < -0.3 is 5.32 Å². The van der Waals surface area contributed by atoms with E-state index >= 15 is 0 Å². The Balaban J connectivity index is 2.00. The van der Waals surface area contributed by atoms with Gasteiger partial charge in [0.2, 0.25) is 0 Å². The second kappa shape index (κ2) is 7.62. The van der Waals surface area contributed by atoms with Gasteiger partial charge in [0, 0.05) is 16.1 Å². The molecule has 1 amide bonds. The van der Waals surface area contributed by atoms with Crippen LogP contribution < -0.4 is 5.32 Å². The molecule has 1 atom stereocenters. The molecule has 178 valence electrons. The van der Waals surface area contributed by atoms with Crippen LogP contribution in [0.3, 0.4) is 0 Å². The first-order valence-electron chi connectivity index (χ1n) is 8.61. The number of rotatable bonds is 5. The molecule has 1 aliphatic heterocycles. The molecule has 0 spiro atoms. The second-order valence-electron chi connectivity index (χ2n) is 6.78. The highest BCUT2D eigenvalue weighted by atomic mass is 35.5. The summed E-state index contributed by atoms with van der Waals surface area (Å²) < 4.78 is 126. The quantitative estimate of drug-likeness (QED) is 0.419. The van der Waals surface area contributed by atoms with E-state index in [1.165, 1.54) is 35.6 Å². The molecule has 33 heavy (non-hydrogen) atoms. The predicted octanol–water partition coefficient (Wildman–Crippen LogP) is 5.70. The molecule has 0 aromatic heterocycles. The minimum absolute atomic E-state index is 0.0473. The molecule has 1 N–H and O–H groups in total. The van der Waals surface area contributed by atoms with E-state index in [1.54, 1.807) is 0 Å². The van der Waals surface area contributed by atoms with E-state index in [2.05, 4.69) is 4.74 Å². The van der Waals surface area contributed by atoms with Gasteiger partial charge in [-0.05, 0) is 18.2 Å². The van der Waals surface area contributed by atoms with E-state index in [0.717, 1.165) is 18.2 Å². The predicted molar refractivity (Wildman–Crippen MR) is 94.7 cm³/mol. The summed E-state index contributed by atoms with van der Waals surface area (Å²) in [4.78, 5) is 24.6. The van der Waals surface area contributed by atoms with Gasteiger partial charge in [-0.25, -0.2) is 0 Å². The van der Waals surface area contributed by atoms with E-state index in [9.17, 15) is 49.1 Å². The average Bonchev–Trinajstić information content (AvgIpc) is 2.83. The fourth-order valence-corrected chi connectivity index (χ4v) is 3.03. The van der Waals surface area contributed by atoms with Crippen LogP contribution in [0.2, 0.25) is 5.02 Å². The molecule has 0 aliphatic carbocycles. The number of benzene rings is 2. The first kappa shape index (κ1) is 24.8. The van der Waals surface area contributed by atoms with Crippen molar-refractivity contribution in [3.63, 3.8) is 0 Å². The lowest BCUT2D eigenvalue weighted by Crippen LogP contribution is -2.63. The Morgan fingerprint density at radius 3 is 1.97 bits per heavy atom. The van der Waals surface area contributed by atoms with Crippen molar-refractivity contribution >= 4 is 29.0 Å². The standard InChI is InChI=1S/C19H9ClF9NO3/c20-10-6-7-12(11(8-10)13(31)9-4-2-1-3-5-9)30-14(32)15(21,22)18(27)16(23,24)17(25,26)19(28,29)33-18/h1-8H,(H,30,32). The molecule has 2 aromatic carbocycles. The molecular formula is C19H9ClF9NO3. The van der Waals surface area contributed by atoms with Gasteiger partial charge in [-0.2, -0.15) is 39.5 Å². The lowest BCUT2D eigenvalue weighted by Gasteiger charge is -2.31. The first-order chi connectivity index (χ1) is 15.0.